The van der Waals surface area contributed by atoms with Gasteiger partial charge in [-0.05, 0) is 32.1 Å². The van der Waals surface area contributed by atoms with Crippen molar-refractivity contribution in [2.45, 2.75) is 44.2 Å². The maximum atomic E-state index is 12.1. The molecule has 0 spiro atoms. The molecule has 0 radical (unpaired) electrons. The molecule has 0 aromatic rings. The van der Waals surface area contributed by atoms with Crippen LogP contribution in [-0.4, -0.2) is 63.0 Å². The molecule has 1 amide bonds. The minimum atomic E-state index is -2.92. The molecule has 1 aliphatic heterocycles. The number of rotatable bonds is 4. The number of nitrogens with one attached hydrogen (secondary N) is 1. The molecule has 0 aromatic heterocycles. The summed E-state index contributed by atoms with van der Waals surface area (Å²) >= 11 is 0. The molecule has 0 unspecified atom stereocenters. The van der Waals surface area contributed by atoms with Gasteiger partial charge in [0.25, 0.3) is 5.91 Å². The lowest BCUT2D eigenvalue weighted by molar-refractivity contribution is -0.906. The fraction of sp³-hybridized carbons (Fsp3) is 0.923. The van der Waals surface area contributed by atoms with E-state index in [1.54, 1.807) is 0 Å². The van der Waals surface area contributed by atoms with Crippen LogP contribution in [-0.2, 0) is 14.6 Å². The Labute approximate surface area is 115 Å². The first-order chi connectivity index (χ1) is 8.78. The van der Waals surface area contributed by atoms with Crippen molar-refractivity contribution in [2.24, 2.45) is 0 Å². The minimum Gasteiger partial charge on any atom is -0.347 e. The molecular formula is C13H25N2O3S+. The van der Waals surface area contributed by atoms with Gasteiger partial charge in [-0.3, -0.25) is 4.79 Å². The highest BCUT2D eigenvalue weighted by Crippen LogP contribution is 2.26. The third-order valence-corrected chi connectivity index (χ3v) is 6.23. The molecule has 1 atom stereocenters. The predicted octanol–water partition coefficient (Wildman–Crippen LogP) is 0.309. The Morgan fingerprint density at radius 2 is 1.84 bits per heavy atom. The van der Waals surface area contributed by atoms with Crippen LogP contribution in [0.2, 0.25) is 0 Å². The van der Waals surface area contributed by atoms with Crippen LogP contribution in [0.3, 0.4) is 0 Å². The van der Waals surface area contributed by atoms with Gasteiger partial charge in [0.15, 0.2) is 16.4 Å². The third kappa shape index (κ3) is 3.92. The van der Waals surface area contributed by atoms with E-state index in [0.29, 0.717) is 23.5 Å². The second-order valence-electron chi connectivity index (χ2n) is 6.54. The van der Waals surface area contributed by atoms with Gasteiger partial charge in [-0.1, -0.05) is 0 Å². The van der Waals surface area contributed by atoms with E-state index in [1.807, 2.05) is 0 Å². The lowest BCUT2D eigenvalue weighted by Crippen LogP contribution is -2.54. The van der Waals surface area contributed by atoms with Crippen molar-refractivity contribution in [3.05, 3.63) is 0 Å². The Kier molecular flexibility index (Phi) is 4.20. The van der Waals surface area contributed by atoms with Crippen molar-refractivity contribution in [3.63, 3.8) is 0 Å². The third-order valence-electron chi connectivity index (χ3n) is 4.46. The van der Waals surface area contributed by atoms with E-state index in [4.69, 9.17) is 0 Å². The number of quaternary nitrogens is 1. The molecule has 2 aliphatic rings. The van der Waals surface area contributed by atoms with Gasteiger partial charge in [0.1, 0.15) is 0 Å². The Balaban J connectivity index is 1.84. The monoisotopic (exact) mass is 289 g/mol. The first kappa shape index (κ1) is 14.8. The van der Waals surface area contributed by atoms with E-state index in [0.717, 1.165) is 0 Å². The van der Waals surface area contributed by atoms with Crippen LogP contribution >= 0.6 is 0 Å². The van der Waals surface area contributed by atoms with Crippen molar-refractivity contribution < 1.29 is 17.7 Å². The summed E-state index contributed by atoms with van der Waals surface area (Å²) in [6, 6.07) is 0.388. The fourth-order valence-corrected chi connectivity index (χ4v) is 4.96. The van der Waals surface area contributed by atoms with Crippen molar-refractivity contribution in [2.75, 3.05) is 32.1 Å². The first-order valence-electron chi connectivity index (χ1n) is 7.11. The molecule has 6 heteroatoms. The molecule has 2 fully saturated rings. The molecule has 0 aromatic carbocycles. The van der Waals surface area contributed by atoms with Crippen LogP contribution in [0.25, 0.3) is 0 Å². The molecule has 1 saturated heterocycles. The van der Waals surface area contributed by atoms with Gasteiger partial charge in [-0.25, -0.2) is 8.42 Å². The predicted molar refractivity (Wildman–Crippen MR) is 74.4 cm³/mol. The zero-order valence-corrected chi connectivity index (χ0v) is 12.7. The van der Waals surface area contributed by atoms with Crippen LogP contribution in [0.5, 0.6) is 0 Å². The van der Waals surface area contributed by atoms with Crippen LogP contribution in [0, 0.1) is 0 Å². The molecule has 1 heterocycles. The Hall–Kier alpha value is -0.620. The summed E-state index contributed by atoms with van der Waals surface area (Å²) in [6.45, 7) is 0.446. The summed E-state index contributed by atoms with van der Waals surface area (Å²) in [5.74, 6) is 0.299. The van der Waals surface area contributed by atoms with Crippen LogP contribution < -0.4 is 5.32 Å². The fourth-order valence-electron chi connectivity index (χ4n) is 3.28. The zero-order chi connectivity index (χ0) is 14.1. The average Bonchev–Trinajstić information content (AvgIpc) is 2.86. The molecule has 1 aliphatic carbocycles. The molecule has 0 bridgehead atoms. The maximum Gasteiger partial charge on any atom is 0.275 e. The van der Waals surface area contributed by atoms with E-state index in [9.17, 15) is 13.2 Å². The highest BCUT2D eigenvalue weighted by atomic mass is 32.2. The van der Waals surface area contributed by atoms with Crippen molar-refractivity contribution in [3.8, 4) is 0 Å². The number of likely N-dealkylation sites (N-methyl/N-ethyl adjacent to an activating group) is 1. The quantitative estimate of drug-likeness (QED) is 0.758. The van der Waals surface area contributed by atoms with E-state index >= 15 is 0 Å². The van der Waals surface area contributed by atoms with Crippen molar-refractivity contribution in [1.82, 2.24) is 5.32 Å². The molecule has 5 nitrogen and oxygen atoms in total. The standard InChI is InChI=1S/C13H24N2O3S/c1-15(2,12-5-3-4-6-12)9-13(16)14-11-7-8-19(17,18)10-11/h11-12H,3-10H2,1-2H3/p+1/t11-/m0/s1. The summed E-state index contributed by atoms with van der Waals surface area (Å²) in [6.07, 6.45) is 5.46. The maximum absolute atomic E-state index is 12.1. The minimum absolute atomic E-state index is 0.0148. The largest absolute Gasteiger partial charge is 0.347 e. The van der Waals surface area contributed by atoms with Gasteiger partial charge in [-0.2, -0.15) is 0 Å². The van der Waals surface area contributed by atoms with Gasteiger partial charge < -0.3 is 9.80 Å². The number of amides is 1. The number of carbonyl (C=O) groups is 1. The normalized spacial score (nSPS) is 27.6. The summed E-state index contributed by atoms with van der Waals surface area (Å²) in [4.78, 5) is 12.1. The van der Waals surface area contributed by atoms with Crippen LogP contribution in [0.4, 0.5) is 0 Å². The second-order valence-corrected chi connectivity index (χ2v) is 8.77. The molecular weight excluding hydrogens is 264 g/mol. The summed E-state index contributed by atoms with van der Waals surface area (Å²) < 4.78 is 23.4. The first-order valence-corrected chi connectivity index (χ1v) is 8.93. The molecule has 1 saturated carbocycles. The lowest BCUT2D eigenvalue weighted by Gasteiger charge is -2.35. The van der Waals surface area contributed by atoms with Gasteiger partial charge in [0, 0.05) is 6.04 Å². The Morgan fingerprint density at radius 1 is 1.21 bits per heavy atom. The average molecular weight is 289 g/mol. The Morgan fingerprint density at radius 3 is 2.37 bits per heavy atom. The van der Waals surface area contributed by atoms with Gasteiger partial charge in [0.05, 0.1) is 31.6 Å². The molecule has 1 N–H and O–H groups in total. The molecule has 19 heavy (non-hydrogen) atoms. The van der Waals surface area contributed by atoms with Crippen molar-refractivity contribution in [1.29, 1.82) is 0 Å². The highest BCUT2D eigenvalue weighted by molar-refractivity contribution is 7.91. The number of sulfone groups is 1. The van der Waals surface area contributed by atoms with Gasteiger partial charge in [-0.15, -0.1) is 0 Å². The zero-order valence-electron chi connectivity index (χ0n) is 11.9. The van der Waals surface area contributed by atoms with Gasteiger partial charge >= 0.3 is 0 Å². The summed E-state index contributed by atoms with van der Waals surface area (Å²) in [5, 5.41) is 2.88. The van der Waals surface area contributed by atoms with E-state index < -0.39 is 9.84 Å². The number of hydrogen-bond acceptors (Lipinski definition) is 3. The molecule has 2 rings (SSSR count). The SMILES string of the molecule is C[N+](C)(CC(=O)N[C@H]1CCS(=O)(=O)C1)C1CCCC1. The topological polar surface area (TPSA) is 63.2 Å². The second kappa shape index (κ2) is 5.40. The smallest absolute Gasteiger partial charge is 0.275 e. The molecule has 110 valence electrons. The number of hydrogen-bond donors (Lipinski definition) is 1. The highest BCUT2D eigenvalue weighted by Gasteiger charge is 2.35. The van der Waals surface area contributed by atoms with Crippen LogP contribution in [0.1, 0.15) is 32.1 Å². The van der Waals surface area contributed by atoms with E-state index in [2.05, 4.69) is 19.4 Å². The lowest BCUT2D eigenvalue weighted by atomic mass is 10.2. The van der Waals surface area contributed by atoms with Gasteiger partial charge in [0.2, 0.25) is 0 Å². The number of nitrogens with zero attached hydrogens (tertiary/aromatic N) is 1. The Bertz CT molecular complexity index is 439. The summed E-state index contributed by atoms with van der Waals surface area (Å²) in [5.41, 5.74) is 0. The number of carbonyl (C=O) groups excluding carboxylic acids is 1. The summed E-state index contributed by atoms with van der Waals surface area (Å²) in [7, 11) is 1.28. The van der Waals surface area contributed by atoms with E-state index in [-0.39, 0.29) is 23.5 Å². The van der Waals surface area contributed by atoms with E-state index in [1.165, 1.54) is 25.7 Å². The van der Waals surface area contributed by atoms with Crippen molar-refractivity contribution >= 4 is 15.7 Å². The van der Waals surface area contributed by atoms with Crippen LogP contribution in [0.15, 0.2) is 0 Å².